The van der Waals surface area contributed by atoms with Gasteiger partial charge in [0.15, 0.2) is 17.3 Å². The molecule has 1 aliphatic rings. The number of anilines is 2. The molecular formula is C25H28F4N6O3. The number of piperazine rings is 1. The van der Waals surface area contributed by atoms with E-state index in [9.17, 15) is 18.0 Å². The van der Waals surface area contributed by atoms with Crippen molar-refractivity contribution in [2.24, 2.45) is 5.73 Å². The highest BCUT2D eigenvalue weighted by Crippen LogP contribution is 2.38. The van der Waals surface area contributed by atoms with Crippen LogP contribution in [0.25, 0.3) is 10.9 Å². The van der Waals surface area contributed by atoms with Crippen LogP contribution in [0.5, 0.6) is 11.5 Å². The van der Waals surface area contributed by atoms with Crippen LogP contribution in [0.3, 0.4) is 0 Å². The van der Waals surface area contributed by atoms with Crippen molar-refractivity contribution in [3.05, 3.63) is 47.3 Å². The second-order valence-electron chi connectivity index (χ2n) is 9.04. The van der Waals surface area contributed by atoms with Gasteiger partial charge in [0, 0.05) is 43.5 Å². The minimum atomic E-state index is -4.45. The first-order valence-electron chi connectivity index (χ1n) is 11.8. The molecule has 0 radical (unpaired) electrons. The molecule has 4 rings (SSSR count). The number of amides is 1. The van der Waals surface area contributed by atoms with E-state index in [0.717, 1.165) is 12.1 Å². The number of nitrogens with two attached hydrogens (primary N) is 2. The third-order valence-electron chi connectivity index (χ3n) is 6.59. The van der Waals surface area contributed by atoms with Crippen molar-refractivity contribution < 1.29 is 31.8 Å². The topological polar surface area (TPSA) is 120 Å². The summed E-state index contributed by atoms with van der Waals surface area (Å²) in [7, 11) is 2.70. The minimum Gasteiger partial charge on any atom is -0.493 e. The minimum absolute atomic E-state index is 0.0154. The molecule has 3 aromatic rings. The van der Waals surface area contributed by atoms with Gasteiger partial charge in [-0.05, 0) is 30.7 Å². The maximum absolute atomic E-state index is 15.2. The number of carbonyl (C=O) groups is 1. The van der Waals surface area contributed by atoms with Gasteiger partial charge in [-0.3, -0.25) is 4.79 Å². The Balaban J connectivity index is 1.47. The highest BCUT2D eigenvalue weighted by atomic mass is 19.4. The van der Waals surface area contributed by atoms with Gasteiger partial charge < -0.3 is 30.7 Å². The molecule has 0 bridgehead atoms. The van der Waals surface area contributed by atoms with E-state index in [-0.39, 0.29) is 52.5 Å². The first-order valence-corrected chi connectivity index (χ1v) is 11.8. The number of hydrogen-bond donors (Lipinski definition) is 2. The van der Waals surface area contributed by atoms with Crippen LogP contribution in [0.15, 0.2) is 30.3 Å². The van der Waals surface area contributed by atoms with E-state index in [1.807, 2.05) is 11.8 Å². The Hall–Kier alpha value is -3.87. The average molecular weight is 537 g/mol. The smallest absolute Gasteiger partial charge is 0.416 e. The molecule has 0 spiro atoms. The number of nitrogen functional groups attached to an aromatic ring is 1. The number of benzene rings is 2. The van der Waals surface area contributed by atoms with Crippen molar-refractivity contribution in [2.45, 2.75) is 31.6 Å². The number of carbonyl (C=O) groups excluding carboxylic acids is 1. The van der Waals surface area contributed by atoms with Crippen LogP contribution in [-0.2, 0) is 11.0 Å². The first-order chi connectivity index (χ1) is 17.9. The monoisotopic (exact) mass is 536 g/mol. The summed E-state index contributed by atoms with van der Waals surface area (Å²) < 4.78 is 63.9. The van der Waals surface area contributed by atoms with E-state index in [2.05, 4.69) is 9.97 Å². The zero-order valence-corrected chi connectivity index (χ0v) is 21.1. The molecule has 1 fully saturated rings. The molecule has 2 heterocycles. The predicted molar refractivity (Wildman–Crippen MR) is 133 cm³/mol. The Morgan fingerprint density at radius 1 is 1.16 bits per heavy atom. The number of nitrogens with zero attached hydrogens (tertiary/aromatic N) is 4. The fraction of sp³-hybridized carbons (Fsp3) is 0.400. The fourth-order valence-corrected chi connectivity index (χ4v) is 4.50. The first kappa shape index (κ1) is 27.2. The summed E-state index contributed by atoms with van der Waals surface area (Å²) in [6, 6.07) is 4.98. The van der Waals surface area contributed by atoms with Crippen molar-refractivity contribution in [2.75, 3.05) is 44.5 Å². The second kappa shape index (κ2) is 10.5. The lowest BCUT2D eigenvalue weighted by Gasteiger charge is -2.40. The van der Waals surface area contributed by atoms with Crippen molar-refractivity contribution >= 4 is 28.6 Å². The van der Waals surface area contributed by atoms with E-state index >= 15 is 4.39 Å². The lowest BCUT2D eigenvalue weighted by molar-refractivity contribution is -0.137. The molecular weight excluding hydrogens is 508 g/mol. The maximum Gasteiger partial charge on any atom is 0.416 e. The van der Waals surface area contributed by atoms with Crippen molar-refractivity contribution in [1.29, 1.82) is 0 Å². The standard InChI is InChI=1S/C25H28F4N6O3/c1-13-12-34(19(36)11-17(30)14-4-6-15(7-5-14)25(27,28)29)8-9-35(13)24-32-21-16(23(31)33-24)10-18(37-2)22(38-3)20(21)26/h4-7,10,13,17H,8-9,11-12,30H2,1-3H3,(H2,31,32,33)/t13-,17+/m0/s1. The molecule has 2 aromatic carbocycles. The van der Waals surface area contributed by atoms with E-state index in [0.29, 0.717) is 25.2 Å². The molecule has 2 atom stereocenters. The SMILES string of the molecule is COc1cc2c(N)nc(N3CCN(C(=O)C[C@@H](N)c4ccc(C(F)(F)F)cc4)C[C@@H]3C)nc2c(F)c1OC. The number of rotatable bonds is 6. The summed E-state index contributed by atoms with van der Waals surface area (Å²) in [6.07, 6.45) is -4.51. The molecule has 0 unspecified atom stereocenters. The van der Waals surface area contributed by atoms with Crippen LogP contribution in [-0.4, -0.2) is 60.7 Å². The molecule has 1 saturated heterocycles. The number of methoxy groups -OCH3 is 2. The van der Waals surface area contributed by atoms with Crippen molar-refractivity contribution in [1.82, 2.24) is 14.9 Å². The lowest BCUT2D eigenvalue weighted by Crippen LogP contribution is -2.54. The maximum atomic E-state index is 15.2. The van der Waals surface area contributed by atoms with Crippen LogP contribution >= 0.6 is 0 Å². The molecule has 204 valence electrons. The molecule has 0 aliphatic carbocycles. The van der Waals surface area contributed by atoms with Gasteiger partial charge in [0.25, 0.3) is 0 Å². The Morgan fingerprint density at radius 2 is 1.84 bits per heavy atom. The summed E-state index contributed by atoms with van der Waals surface area (Å²) in [5.41, 5.74) is 11.9. The summed E-state index contributed by atoms with van der Waals surface area (Å²) in [5, 5.41) is 0.280. The molecule has 4 N–H and O–H groups in total. The summed E-state index contributed by atoms with van der Waals surface area (Å²) >= 11 is 0. The van der Waals surface area contributed by atoms with Crippen LogP contribution in [0.4, 0.5) is 29.3 Å². The largest absolute Gasteiger partial charge is 0.493 e. The van der Waals surface area contributed by atoms with Gasteiger partial charge in [-0.2, -0.15) is 18.2 Å². The van der Waals surface area contributed by atoms with Gasteiger partial charge in [0.05, 0.1) is 19.8 Å². The molecule has 38 heavy (non-hydrogen) atoms. The third-order valence-corrected chi connectivity index (χ3v) is 6.59. The summed E-state index contributed by atoms with van der Waals surface area (Å²) in [6.45, 7) is 2.85. The number of hydrogen-bond acceptors (Lipinski definition) is 8. The van der Waals surface area contributed by atoms with Crippen molar-refractivity contribution in [3.8, 4) is 11.5 Å². The summed E-state index contributed by atoms with van der Waals surface area (Å²) in [4.78, 5) is 25.1. The normalized spacial score (nSPS) is 17.0. The average Bonchev–Trinajstić information content (AvgIpc) is 2.88. The van der Waals surface area contributed by atoms with E-state index in [4.69, 9.17) is 20.9 Å². The van der Waals surface area contributed by atoms with Gasteiger partial charge >= 0.3 is 6.18 Å². The molecule has 1 aliphatic heterocycles. The zero-order chi connectivity index (χ0) is 27.8. The van der Waals surface area contributed by atoms with E-state index < -0.39 is 23.6 Å². The quantitative estimate of drug-likeness (QED) is 0.460. The molecule has 1 aromatic heterocycles. The number of halogens is 4. The number of fused-ring (bicyclic) bond motifs is 1. The van der Waals surface area contributed by atoms with Crippen molar-refractivity contribution in [3.63, 3.8) is 0 Å². The van der Waals surface area contributed by atoms with Crippen LogP contribution < -0.4 is 25.8 Å². The number of aromatic nitrogens is 2. The Kier molecular flexibility index (Phi) is 7.49. The van der Waals surface area contributed by atoms with Gasteiger partial charge in [-0.1, -0.05) is 12.1 Å². The van der Waals surface area contributed by atoms with Crippen LogP contribution in [0.2, 0.25) is 0 Å². The molecule has 1 amide bonds. The highest BCUT2D eigenvalue weighted by molar-refractivity contribution is 5.92. The lowest BCUT2D eigenvalue weighted by atomic mass is 10.0. The highest BCUT2D eigenvalue weighted by Gasteiger charge is 2.32. The third kappa shape index (κ3) is 5.23. The Morgan fingerprint density at radius 3 is 2.42 bits per heavy atom. The van der Waals surface area contributed by atoms with Gasteiger partial charge in [0.1, 0.15) is 11.3 Å². The Labute approximate surface area is 216 Å². The van der Waals surface area contributed by atoms with Crippen LogP contribution in [0.1, 0.15) is 30.5 Å². The van der Waals surface area contributed by atoms with E-state index in [1.165, 1.54) is 32.4 Å². The second-order valence-corrected chi connectivity index (χ2v) is 9.04. The van der Waals surface area contributed by atoms with Gasteiger partial charge in [-0.25, -0.2) is 9.37 Å². The van der Waals surface area contributed by atoms with Gasteiger partial charge in [-0.15, -0.1) is 0 Å². The fourth-order valence-electron chi connectivity index (χ4n) is 4.50. The molecule has 9 nitrogen and oxygen atoms in total. The van der Waals surface area contributed by atoms with E-state index in [1.54, 1.807) is 4.90 Å². The van der Waals surface area contributed by atoms with Gasteiger partial charge in [0.2, 0.25) is 11.9 Å². The Bertz CT molecular complexity index is 1340. The predicted octanol–water partition coefficient (Wildman–Crippen LogP) is 3.51. The zero-order valence-electron chi connectivity index (χ0n) is 21.1. The van der Waals surface area contributed by atoms with Crippen LogP contribution in [0, 0.1) is 5.82 Å². The number of ether oxygens (including phenoxy) is 2. The molecule has 0 saturated carbocycles. The number of alkyl halides is 3. The molecule has 13 heteroatoms. The summed E-state index contributed by atoms with van der Waals surface area (Å²) in [5.74, 6) is -0.616.